The number of hydrogen-bond donors (Lipinski definition) is 1. The highest BCUT2D eigenvalue weighted by molar-refractivity contribution is 5.27. The number of nitrogens with one attached hydrogen (secondary N) is 1. The number of rotatable bonds is 3. The van der Waals surface area contributed by atoms with Gasteiger partial charge in [-0.3, -0.25) is 0 Å². The average Bonchev–Trinajstić information content (AvgIpc) is 2.26. The molecule has 3 nitrogen and oxygen atoms in total. The molecule has 1 rings (SSSR count). The van der Waals surface area contributed by atoms with Gasteiger partial charge in [0.05, 0.1) is 5.69 Å². The maximum atomic E-state index is 4.33. The lowest BCUT2D eigenvalue weighted by atomic mass is 10.2. The first-order valence-corrected chi connectivity index (χ1v) is 4.33. The van der Waals surface area contributed by atoms with Crippen LogP contribution in [0.4, 0.5) is 5.95 Å². The van der Waals surface area contributed by atoms with Gasteiger partial charge in [0.2, 0.25) is 5.95 Å². The van der Waals surface area contributed by atoms with E-state index in [-0.39, 0.29) is 0 Å². The molecule has 0 aliphatic heterocycles. The second-order valence-electron chi connectivity index (χ2n) is 3.59. The van der Waals surface area contributed by atoms with Crippen molar-refractivity contribution in [2.24, 2.45) is 13.0 Å². The lowest BCUT2D eigenvalue weighted by Crippen LogP contribution is -2.11. The van der Waals surface area contributed by atoms with Gasteiger partial charge in [0, 0.05) is 19.8 Å². The van der Waals surface area contributed by atoms with Crippen molar-refractivity contribution in [3.8, 4) is 0 Å². The second kappa shape index (κ2) is 3.61. The zero-order valence-corrected chi connectivity index (χ0v) is 8.26. The van der Waals surface area contributed by atoms with Crippen LogP contribution >= 0.6 is 0 Å². The predicted octanol–water partition coefficient (Wildman–Crippen LogP) is 1.80. The summed E-state index contributed by atoms with van der Waals surface area (Å²) in [4.78, 5) is 4.33. The summed E-state index contributed by atoms with van der Waals surface area (Å²) in [5.74, 6) is 1.61. The van der Waals surface area contributed by atoms with E-state index in [1.54, 1.807) is 0 Å². The predicted molar refractivity (Wildman–Crippen MR) is 51.3 cm³/mol. The van der Waals surface area contributed by atoms with E-state index in [1.807, 2.05) is 24.7 Å². The van der Waals surface area contributed by atoms with Crippen molar-refractivity contribution in [2.75, 3.05) is 11.9 Å². The fourth-order valence-corrected chi connectivity index (χ4v) is 1.08. The Bertz CT molecular complexity index is 250. The highest BCUT2D eigenvalue weighted by Crippen LogP contribution is 2.06. The first-order chi connectivity index (χ1) is 5.59. The van der Waals surface area contributed by atoms with Gasteiger partial charge >= 0.3 is 0 Å². The van der Waals surface area contributed by atoms with Crippen LogP contribution in [0.15, 0.2) is 6.20 Å². The maximum absolute atomic E-state index is 4.33. The molecule has 0 unspecified atom stereocenters. The summed E-state index contributed by atoms with van der Waals surface area (Å²) >= 11 is 0. The van der Waals surface area contributed by atoms with E-state index in [0.29, 0.717) is 5.92 Å². The molecule has 0 aliphatic rings. The maximum Gasteiger partial charge on any atom is 0.202 e. The quantitative estimate of drug-likeness (QED) is 0.744. The molecule has 0 atom stereocenters. The van der Waals surface area contributed by atoms with E-state index in [1.165, 1.54) is 0 Å². The van der Waals surface area contributed by atoms with Crippen LogP contribution in [-0.4, -0.2) is 16.1 Å². The van der Waals surface area contributed by atoms with E-state index < -0.39 is 0 Å². The van der Waals surface area contributed by atoms with Crippen LogP contribution in [0.5, 0.6) is 0 Å². The van der Waals surface area contributed by atoms with Gasteiger partial charge in [0.25, 0.3) is 0 Å². The van der Waals surface area contributed by atoms with Crippen molar-refractivity contribution in [3.63, 3.8) is 0 Å². The van der Waals surface area contributed by atoms with Gasteiger partial charge in [0.1, 0.15) is 0 Å². The lowest BCUT2D eigenvalue weighted by Gasteiger charge is -2.07. The molecule has 0 radical (unpaired) electrons. The summed E-state index contributed by atoms with van der Waals surface area (Å²) in [5, 5.41) is 3.29. The molecule has 0 amide bonds. The highest BCUT2D eigenvalue weighted by Gasteiger charge is 2.01. The minimum atomic E-state index is 0.655. The summed E-state index contributed by atoms with van der Waals surface area (Å²) in [5.41, 5.74) is 1.06. The fraction of sp³-hybridized carbons (Fsp3) is 0.667. The van der Waals surface area contributed by atoms with Gasteiger partial charge in [-0.25, -0.2) is 4.98 Å². The first kappa shape index (κ1) is 9.10. The molecule has 0 bridgehead atoms. The molecule has 0 aromatic carbocycles. The van der Waals surface area contributed by atoms with Crippen LogP contribution in [0.2, 0.25) is 0 Å². The van der Waals surface area contributed by atoms with Crippen LogP contribution in [0, 0.1) is 12.8 Å². The molecule has 1 heterocycles. The Hall–Kier alpha value is -0.990. The van der Waals surface area contributed by atoms with Crippen molar-refractivity contribution >= 4 is 5.95 Å². The third-order valence-corrected chi connectivity index (χ3v) is 1.67. The molecule has 0 saturated heterocycles. The Labute approximate surface area is 73.8 Å². The highest BCUT2D eigenvalue weighted by atomic mass is 15.2. The molecule has 0 fully saturated rings. The Balaban J connectivity index is 2.57. The minimum absolute atomic E-state index is 0.655. The topological polar surface area (TPSA) is 29.9 Å². The molecule has 0 aliphatic carbocycles. The molecule has 1 N–H and O–H groups in total. The van der Waals surface area contributed by atoms with Gasteiger partial charge in [-0.05, 0) is 12.8 Å². The zero-order chi connectivity index (χ0) is 9.14. The number of anilines is 1. The van der Waals surface area contributed by atoms with Crippen LogP contribution in [0.1, 0.15) is 19.5 Å². The summed E-state index contributed by atoms with van der Waals surface area (Å²) < 4.78 is 2.01. The molecular formula is C9H17N3. The van der Waals surface area contributed by atoms with Crippen molar-refractivity contribution < 1.29 is 0 Å². The molecule has 0 saturated carbocycles. The van der Waals surface area contributed by atoms with Crippen LogP contribution in [-0.2, 0) is 7.05 Å². The van der Waals surface area contributed by atoms with E-state index >= 15 is 0 Å². The molecular weight excluding hydrogens is 150 g/mol. The molecule has 68 valence electrons. The van der Waals surface area contributed by atoms with E-state index in [2.05, 4.69) is 24.1 Å². The third kappa shape index (κ3) is 2.26. The van der Waals surface area contributed by atoms with Crippen molar-refractivity contribution in [3.05, 3.63) is 11.9 Å². The van der Waals surface area contributed by atoms with Crippen molar-refractivity contribution in [2.45, 2.75) is 20.8 Å². The van der Waals surface area contributed by atoms with Gasteiger partial charge < -0.3 is 9.88 Å². The van der Waals surface area contributed by atoms with Gasteiger partial charge in [-0.1, -0.05) is 13.8 Å². The largest absolute Gasteiger partial charge is 0.355 e. The van der Waals surface area contributed by atoms with Gasteiger partial charge in [-0.2, -0.15) is 0 Å². The Morgan fingerprint density at radius 1 is 1.58 bits per heavy atom. The molecule has 0 spiro atoms. The smallest absolute Gasteiger partial charge is 0.202 e. The number of aryl methyl sites for hydroxylation is 2. The molecule has 12 heavy (non-hydrogen) atoms. The van der Waals surface area contributed by atoms with E-state index in [9.17, 15) is 0 Å². The fourth-order valence-electron chi connectivity index (χ4n) is 1.08. The Morgan fingerprint density at radius 2 is 2.25 bits per heavy atom. The molecule has 1 aromatic heterocycles. The zero-order valence-electron chi connectivity index (χ0n) is 8.26. The second-order valence-corrected chi connectivity index (χ2v) is 3.59. The summed E-state index contributed by atoms with van der Waals surface area (Å²) in [6, 6.07) is 0. The Morgan fingerprint density at radius 3 is 2.67 bits per heavy atom. The SMILES string of the molecule is Cc1cn(C)c(NCC(C)C)n1. The third-order valence-electron chi connectivity index (χ3n) is 1.67. The van der Waals surface area contributed by atoms with Crippen LogP contribution in [0.25, 0.3) is 0 Å². The monoisotopic (exact) mass is 167 g/mol. The standard InChI is InChI=1S/C9H17N3/c1-7(2)5-10-9-11-8(3)6-12(9)4/h6-7H,5H2,1-4H3,(H,10,11). The van der Waals surface area contributed by atoms with Crippen LogP contribution < -0.4 is 5.32 Å². The lowest BCUT2D eigenvalue weighted by molar-refractivity contribution is 0.680. The van der Waals surface area contributed by atoms with Crippen molar-refractivity contribution in [1.82, 2.24) is 9.55 Å². The van der Waals surface area contributed by atoms with E-state index in [0.717, 1.165) is 18.2 Å². The normalized spacial score (nSPS) is 10.8. The summed E-state index contributed by atoms with van der Waals surface area (Å²) in [6.45, 7) is 7.34. The first-order valence-electron chi connectivity index (χ1n) is 4.33. The summed E-state index contributed by atoms with van der Waals surface area (Å²) in [6.07, 6.45) is 2.02. The minimum Gasteiger partial charge on any atom is -0.355 e. The summed E-state index contributed by atoms with van der Waals surface area (Å²) in [7, 11) is 2.00. The van der Waals surface area contributed by atoms with E-state index in [4.69, 9.17) is 0 Å². The van der Waals surface area contributed by atoms with Gasteiger partial charge in [-0.15, -0.1) is 0 Å². The van der Waals surface area contributed by atoms with Gasteiger partial charge in [0.15, 0.2) is 0 Å². The number of nitrogens with zero attached hydrogens (tertiary/aromatic N) is 2. The average molecular weight is 167 g/mol. The number of aromatic nitrogens is 2. The van der Waals surface area contributed by atoms with Crippen LogP contribution in [0.3, 0.4) is 0 Å². The molecule has 1 aromatic rings. The van der Waals surface area contributed by atoms with Crippen molar-refractivity contribution in [1.29, 1.82) is 0 Å². The number of imidazole rings is 1. The molecule has 3 heteroatoms. The number of hydrogen-bond acceptors (Lipinski definition) is 2. The Kier molecular flexibility index (Phi) is 2.74.